The summed E-state index contributed by atoms with van der Waals surface area (Å²) in [6.07, 6.45) is 1.03. The molecule has 0 aliphatic heterocycles. The van der Waals surface area contributed by atoms with E-state index in [2.05, 4.69) is 55.6 Å². The average molecular weight is 269 g/mol. The zero-order valence-electron chi connectivity index (χ0n) is 12.6. The Hall–Kier alpha value is -1.80. The van der Waals surface area contributed by atoms with Crippen molar-refractivity contribution < 1.29 is 4.74 Å². The normalized spacial score (nSPS) is 10.6. The summed E-state index contributed by atoms with van der Waals surface area (Å²) >= 11 is 0. The predicted octanol–water partition coefficient (Wildman–Crippen LogP) is 3.64. The van der Waals surface area contributed by atoms with Crippen molar-refractivity contribution in [3.8, 4) is 5.75 Å². The van der Waals surface area contributed by atoms with Crippen LogP contribution in [0, 0.1) is 13.8 Å². The van der Waals surface area contributed by atoms with E-state index < -0.39 is 0 Å². The summed E-state index contributed by atoms with van der Waals surface area (Å²) in [5, 5.41) is 3.19. The molecule has 0 amide bonds. The fourth-order valence-corrected chi connectivity index (χ4v) is 2.17. The van der Waals surface area contributed by atoms with Crippen molar-refractivity contribution in [3.63, 3.8) is 0 Å². The van der Waals surface area contributed by atoms with Crippen LogP contribution >= 0.6 is 0 Å². The van der Waals surface area contributed by atoms with Crippen molar-refractivity contribution in [3.05, 3.63) is 64.7 Å². The van der Waals surface area contributed by atoms with Crippen LogP contribution < -0.4 is 10.1 Å². The van der Waals surface area contributed by atoms with Crippen LogP contribution in [0.15, 0.2) is 42.5 Å². The van der Waals surface area contributed by atoms with E-state index in [1.807, 2.05) is 13.1 Å². The minimum atomic E-state index is 0.627. The fraction of sp³-hybridized carbons (Fsp3) is 0.333. The lowest BCUT2D eigenvalue weighted by atomic mass is 10.1. The number of rotatable bonds is 6. The first-order valence-electron chi connectivity index (χ1n) is 7.12. The van der Waals surface area contributed by atoms with Gasteiger partial charge in [0.2, 0.25) is 0 Å². The average Bonchev–Trinajstić information content (AvgIpc) is 2.47. The number of nitrogens with one attached hydrogen (secondary N) is 1. The second-order valence-corrected chi connectivity index (χ2v) is 5.16. The molecule has 0 aliphatic rings. The molecule has 0 aliphatic carbocycles. The third-order valence-electron chi connectivity index (χ3n) is 3.64. The molecule has 2 aromatic rings. The van der Waals surface area contributed by atoms with Crippen LogP contribution in [0.2, 0.25) is 0 Å². The monoisotopic (exact) mass is 269 g/mol. The van der Waals surface area contributed by atoms with Gasteiger partial charge in [-0.25, -0.2) is 0 Å². The maximum Gasteiger partial charge on any atom is 0.120 e. The van der Waals surface area contributed by atoms with Gasteiger partial charge in [-0.1, -0.05) is 30.3 Å². The lowest BCUT2D eigenvalue weighted by Crippen LogP contribution is -2.12. The highest BCUT2D eigenvalue weighted by Crippen LogP contribution is 2.19. The molecule has 0 heterocycles. The summed E-state index contributed by atoms with van der Waals surface area (Å²) < 4.78 is 5.93. The van der Waals surface area contributed by atoms with Crippen molar-refractivity contribution in [2.45, 2.75) is 26.9 Å². The summed E-state index contributed by atoms with van der Waals surface area (Å²) in [4.78, 5) is 0. The molecule has 2 heteroatoms. The molecule has 20 heavy (non-hydrogen) atoms. The summed E-state index contributed by atoms with van der Waals surface area (Å²) in [5.74, 6) is 0.941. The van der Waals surface area contributed by atoms with Crippen molar-refractivity contribution in [2.75, 3.05) is 13.6 Å². The first-order valence-corrected chi connectivity index (χ1v) is 7.12. The van der Waals surface area contributed by atoms with Gasteiger partial charge in [-0.05, 0) is 68.2 Å². The molecule has 0 unspecified atom stereocenters. The second kappa shape index (κ2) is 7.11. The van der Waals surface area contributed by atoms with Gasteiger partial charge < -0.3 is 10.1 Å². The third-order valence-corrected chi connectivity index (χ3v) is 3.64. The van der Waals surface area contributed by atoms with E-state index in [0.717, 1.165) is 18.7 Å². The Morgan fingerprint density at radius 3 is 2.40 bits per heavy atom. The third kappa shape index (κ3) is 3.84. The van der Waals surface area contributed by atoms with Crippen molar-refractivity contribution in [1.82, 2.24) is 5.32 Å². The molecule has 0 atom stereocenters. The largest absolute Gasteiger partial charge is 0.489 e. The van der Waals surface area contributed by atoms with E-state index >= 15 is 0 Å². The molecular formula is C18H23NO. The van der Waals surface area contributed by atoms with Gasteiger partial charge in [-0.15, -0.1) is 0 Å². The summed E-state index contributed by atoms with van der Waals surface area (Å²) in [6.45, 7) is 5.85. The lowest BCUT2D eigenvalue weighted by molar-refractivity contribution is 0.304. The standard InChI is InChI=1S/C18H23NO/c1-14-8-9-18(12-15(14)2)20-13-17-7-5-4-6-16(17)10-11-19-3/h4-9,12,19H,10-11,13H2,1-3H3. The molecule has 0 saturated heterocycles. The Morgan fingerprint density at radius 1 is 0.950 bits per heavy atom. The SMILES string of the molecule is CNCCc1ccccc1COc1ccc(C)c(C)c1. The van der Waals surface area contributed by atoms with Crippen LogP contribution in [0.25, 0.3) is 0 Å². The predicted molar refractivity (Wildman–Crippen MR) is 84.3 cm³/mol. The molecular weight excluding hydrogens is 246 g/mol. The maximum absolute atomic E-state index is 5.93. The van der Waals surface area contributed by atoms with Gasteiger partial charge in [0.15, 0.2) is 0 Å². The molecule has 0 fully saturated rings. The minimum absolute atomic E-state index is 0.627. The Bertz CT molecular complexity index is 563. The number of likely N-dealkylation sites (N-methyl/N-ethyl adjacent to an activating group) is 1. The van der Waals surface area contributed by atoms with Crippen LogP contribution in [0.3, 0.4) is 0 Å². The molecule has 0 radical (unpaired) electrons. The van der Waals surface area contributed by atoms with Gasteiger partial charge in [-0.2, -0.15) is 0 Å². The Labute approximate surface area is 121 Å². The number of benzene rings is 2. The molecule has 0 aromatic heterocycles. The van der Waals surface area contributed by atoms with E-state index in [1.165, 1.54) is 22.3 Å². The molecule has 1 N–H and O–H groups in total. The highest BCUT2D eigenvalue weighted by molar-refractivity contribution is 5.34. The maximum atomic E-state index is 5.93. The first-order chi connectivity index (χ1) is 9.70. The van der Waals surface area contributed by atoms with Gasteiger partial charge in [-0.3, -0.25) is 0 Å². The van der Waals surface area contributed by atoms with E-state index in [1.54, 1.807) is 0 Å². The van der Waals surface area contributed by atoms with E-state index in [-0.39, 0.29) is 0 Å². The lowest BCUT2D eigenvalue weighted by Gasteiger charge is -2.12. The summed E-state index contributed by atoms with van der Waals surface area (Å²) in [6, 6.07) is 14.7. The summed E-state index contributed by atoms with van der Waals surface area (Å²) in [7, 11) is 1.98. The zero-order chi connectivity index (χ0) is 14.4. The van der Waals surface area contributed by atoms with Gasteiger partial charge in [0.25, 0.3) is 0 Å². The van der Waals surface area contributed by atoms with Crippen LogP contribution in [0.5, 0.6) is 5.75 Å². The number of aryl methyl sites for hydroxylation is 2. The number of hydrogen-bond acceptors (Lipinski definition) is 2. The van der Waals surface area contributed by atoms with Crippen molar-refractivity contribution in [2.24, 2.45) is 0 Å². The van der Waals surface area contributed by atoms with Crippen LogP contribution in [0.1, 0.15) is 22.3 Å². The van der Waals surface area contributed by atoms with Crippen molar-refractivity contribution in [1.29, 1.82) is 0 Å². The van der Waals surface area contributed by atoms with E-state index in [9.17, 15) is 0 Å². The quantitative estimate of drug-likeness (QED) is 0.864. The molecule has 2 nitrogen and oxygen atoms in total. The highest BCUT2D eigenvalue weighted by Gasteiger charge is 2.03. The van der Waals surface area contributed by atoms with Crippen molar-refractivity contribution >= 4 is 0 Å². The Morgan fingerprint density at radius 2 is 1.70 bits per heavy atom. The molecule has 0 saturated carbocycles. The van der Waals surface area contributed by atoms with Crippen LogP contribution in [-0.4, -0.2) is 13.6 Å². The number of hydrogen-bond donors (Lipinski definition) is 1. The molecule has 106 valence electrons. The Balaban J connectivity index is 2.04. The fourth-order valence-electron chi connectivity index (χ4n) is 2.17. The Kier molecular flexibility index (Phi) is 5.19. The van der Waals surface area contributed by atoms with Gasteiger partial charge in [0.1, 0.15) is 12.4 Å². The van der Waals surface area contributed by atoms with E-state index in [0.29, 0.717) is 6.61 Å². The van der Waals surface area contributed by atoms with E-state index in [4.69, 9.17) is 4.74 Å². The topological polar surface area (TPSA) is 21.3 Å². The first kappa shape index (κ1) is 14.6. The molecule has 0 spiro atoms. The van der Waals surface area contributed by atoms with Crippen LogP contribution in [-0.2, 0) is 13.0 Å². The molecule has 2 rings (SSSR count). The van der Waals surface area contributed by atoms with Gasteiger partial charge in [0, 0.05) is 0 Å². The number of ether oxygens (including phenoxy) is 1. The minimum Gasteiger partial charge on any atom is -0.489 e. The zero-order valence-corrected chi connectivity index (χ0v) is 12.6. The molecule has 0 bridgehead atoms. The highest BCUT2D eigenvalue weighted by atomic mass is 16.5. The smallest absolute Gasteiger partial charge is 0.120 e. The van der Waals surface area contributed by atoms with Crippen LogP contribution in [0.4, 0.5) is 0 Å². The van der Waals surface area contributed by atoms with Gasteiger partial charge in [0.05, 0.1) is 0 Å². The summed E-state index contributed by atoms with van der Waals surface area (Å²) in [5.41, 5.74) is 5.18. The second-order valence-electron chi connectivity index (χ2n) is 5.16. The molecule has 2 aromatic carbocycles. The van der Waals surface area contributed by atoms with Gasteiger partial charge >= 0.3 is 0 Å².